The van der Waals surface area contributed by atoms with Crippen LogP contribution in [0.4, 0.5) is 26.2 Å². The minimum absolute atomic E-state index is 0.264. The van der Waals surface area contributed by atoms with E-state index in [-0.39, 0.29) is 12.0 Å². The molecule has 34 heavy (non-hydrogen) atoms. The van der Waals surface area contributed by atoms with Gasteiger partial charge in [-0.05, 0) is 42.9 Å². The second-order valence-corrected chi connectivity index (χ2v) is 9.72. The molecular formula is C25H32FN5O3. The predicted molar refractivity (Wildman–Crippen MR) is 129 cm³/mol. The summed E-state index contributed by atoms with van der Waals surface area (Å²) in [6.45, 7) is 4.97. The molecule has 2 amide bonds. The Morgan fingerprint density at radius 3 is 2.47 bits per heavy atom. The first-order chi connectivity index (χ1) is 16.3. The van der Waals surface area contributed by atoms with Gasteiger partial charge in [-0.3, -0.25) is 4.79 Å². The number of amides is 2. The van der Waals surface area contributed by atoms with Gasteiger partial charge in [0.05, 0.1) is 35.4 Å². The first kappa shape index (κ1) is 23.9. The van der Waals surface area contributed by atoms with E-state index in [1.807, 2.05) is 0 Å². The summed E-state index contributed by atoms with van der Waals surface area (Å²) in [4.78, 5) is 34.2. The van der Waals surface area contributed by atoms with Crippen LogP contribution < -0.4 is 15.5 Å². The number of carbonyl (C=O) groups excluding carboxylic acids is 1. The lowest BCUT2D eigenvalue weighted by atomic mass is 9.92. The first-order valence-corrected chi connectivity index (χ1v) is 12.0. The predicted octanol–water partition coefficient (Wildman–Crippen LogP) is 5.24. The molecule has 4 rings (SSSR count). The van der Waals surface area contributed by atoms with Crippen molar-refractivity contribution < 1.29 is 19.1 Å². The van der Waals surface area contributed by atoms with E-state index in [9.17, 15) is 14.7 Å². The highest BCUT2D eigenvalue weighted by atomic mass is 19.1. The van der Waals surface area contributed by atoms with Gasteiger partial charge in [-0.1, -0.05) is 33.1 Å². The van der Waals surface area contributed by atoms with Gasteiger partial charge in [0.2, 0.25) is 0 Å². The van der Waals surface area contributed by atoms with Crippen molar-refractivity contribution in [2.75, 3.05) is 22.1 Å². The lowest BCUT2D eigenvalue weighted by Gasteiger charge is -2.38. The number of hydrogen-bond donors (Lipinski definition) is 3. The van der Waals surface area contributed by atoms with Crippen LogP contribution in [0.25, 0.3) is 0 Å². The van der Waals surface area contributed by atoms with Crippen molar-refractivity contribution in [2.45, 2.75) is 64.3 Å². The Kier molecular flexibility index (Phi) is 7.29. The van der Waals surface area contributed by atoms with Crippen LogP contribution in [-0.2, 0) is 4.79 Å². The van der Waals surface area contributed by atoms with Crippen LogP contribution in [0.2, 0.25) is 0 Å². The van der Waals surface area contributed by atoms with Crippen LogP contribution in [0.15, 0.2) is 30.9 Å². The van der Waals surface area contributed by atoms with E-state index in [2.05, 4.69) is 39.3 Å². The highest BCUT2D eigenvalue weighted by Gasteiger charge is 2.46. The van der Waals surface area contributed by atoms with E-state index in [4.69, 9.17) is 0 Å². The lowest BCUT2D eigenvalue weighted by Crippen LogP contribution is -2.40. The SMILES string of the molecule is CC(C)CN(c1cc(F)c(C2CC2C(=O)O)cc1NC(=O)Nc1cncnc1)C1CCCCC1. The van der Waals surface area contributed by atoms with Crippen molar-refractivity contribution in [2.24, 2.45) is 11.8 Å². The van der Waals surface area contributed by atoms with Crippen molar-refractivity contribution in [1.82, 2.24) is 9.97 Å². The molecule has 1 aromatic heterocycles. The monoisotopic (exact) mass is 469 g/mol. The summed E-state index contributed by atoms with van der Waals surface area (Å²) in [5.41, 5.74) is 1.88. The minimum Gasteiger partial charge on any atom is -0.481 e. The molecule has 2 unspecified atom stereocenters. The Morgan fingerprint density at radius 2 is 1.85 bits per heavy atom. The number of rotatable bonds is 8. The third kappa shape index (κ3) is 5.63. The number of nitrogens with zero attached hydrogens (tertiary/aromatic N) is 3. The molecule has 0 spiro atoms. The van der Waals surface area contributed by atoms with Gasteiger partial charge >= 0.3 is 12.0 Å². The van der Waals surface area contributed by atoms with Crippen molar-refractivity contribution in [1.29, 1.82) is 0 Å². The number of urea groups is 1. The first-order valence-electron chi connectivity index (χ1n) is 12.0. The van der Waals surface area contributed by atoms with Crippen molar-refractivity contribution in [3.05, 3.63) is 42.2 Å². The third-order valence-corrected chi connectivity index (χ3v) is 6.58. The number of benzene rings is 1. The zero-order valence-corrected chi connectivity index (χ0v) is 19.6. The number of carboxylic acids is 1. The number of anilines is 3. The Morgan fingerprint density at radius 1 is 1.15 bits per heavy atom. The zero-order chi connectivity index (χ0) is 24.2. The van der Waals surface area contributed by atoms with Gasteiger partial charge in [0.15, 0.2) is 0 Å². The van der Waals surface area contributed by atoms with E-state index < -0.39 is 23.7 Å². The number of carbonyl (C=O) groups is 2. The van der Waals surface area contributed by atoms with E-state index >= 15 is 4.39 Å². The molecule has 2 aromatic rings. The number of hydrogen-bond acceptors (Lipinski definition) is 5. The van der Waals surface area contributed by atoms with Crippen LogP contribution in [0.5, 0.6) is 0 Å². The van der Waals surface area contributed by atoms with Crippen LogP contribution in [-0.4, -0.2) is 39.7 Å². The van der Waals surface area contributed by atoms with Crippen LogP contribution in [0.1, 0.15) is 63.9 Å². The molecule has 182 valence electrons. The maximum atomic E-state index is 15.3. The highest BCUT2D eigenvalue weighted by molar-refractivity contribution is 6.02. The van der Waals surface area contributed by atoms with Gasteiger partial charge in [0, 0.05) is 18.5 Å². The molecule has 1 aromatic carbocycles. The maximum Gasteiger partial charge on any atom is 0.323 e. The molecule has 8 nitrogen and oxygen atoms in total. The topological polar surface area (TPSA) is 107 Å². The second kappa shape index (κ2) is 10.4. The molecule has 0 bridgehead atoms. The standard InChI is InChI=1S/C25H32FN5O3/c1-15(2)13-31(17-6-4-3-5-7-17)23-10-21(26)19(18-8-20(18)24(32)33)9-22(23)30-25(34)29-16-11-27-14-28-12-16/h9-12,14-15,17-18,20H,3-8,13H2,1-2H3,(H,32,33)(H2,29,30,34). The molecule has 2 aliphatic rings. The molecule has 2 saturated carbocycles. The van der Waals surface area contributed by atoms with Gasteiger partial charge in [0.1, 0.15) is 12.1 Å². The van der Waals surface area contributed by atoms with Gasteiger partial charge in [-0.2, -0.15) is 0 Å². The Hall–Kier alpha value is -3.23. The summed E-state index contributed by atoms with van der Waals surface area (Å²) in [6.07, 6.45) is 10.2. The van der Waals surface area contributed by atoms with Crippen molar-refractivity contribution >= 4 is 29.1 Å². The molecule has 9 heteroatoms. The summed E-state index contributed by atoms with van der Waals surface area (Å²) in [6, 6.07) is 2.87. The molecule has 3 N–H and O–H groups in total. The smallest absolute Gasteiger partial charge is 0.323 e. The molecular weight excluding hydrogens is 437 g/mol. The Balaban J connectivity index is 1.68. The minimum atomic E-state index is -0.923. The molecule has 2 fully saturated rings. The number of aliphatic carboxylic acids is 1. The van der Waals surface area contributed by atoms with Crippen molar-refractivity contribution in [3.8, 4) is 0 Å². The molecule has 0 saturated heterocycles. The fourth-order valence-corrected chi connectivity index (χ4v) is 4.89. The fourth-order valence-electron chi connectivity index (χ4n) is 4.89. The van der Waals surface area contributed by atoms with Gasteiger partial charge < -0.3 is 20.6 Å². The highest BCUT2D eigenvalue weighted by Crippen LogP contribution is 2.50. The molecule has 2 aliphatic carbocycles. The van der Waals surface area contributed by atoms with Crippen molar-refractivity contribution in [3.63, 3.8) is 0 Å². The molecule has 0 aliphatic heterocycles. The third-order valence-electron chi connectivity index (χ3n) is 6.58. The summed E-state index contributed by atoms with van der Waals surface area (Å²) in [5.74, 6) is -1.98. The van der Waals surface area contributed by atoms with Crippen LogP contribution >= 0.6 is 0 Å². The number of nitrogens with one attached hydrogen (secondary N) is 2. The fraction of sp³-hybridized carbons (Fsp3) is 0.520. The van der Waals surface area contributed by atoms with Gasteiger partial charge in [-0.25, -0.2) is 19.2 Å². The van der Waals surface area contributed by atoms with Gasteiger partial charge in [-0.15, -0.1) is 0 Å². The average molecular weight is 470 g/mol. The summed E-state index contributed by atoms with van der Waals surface area (Å²) in [5, 5.41) is 14.9. The van der Waals surface area contributed by atoms with Gasteiger partial charge in [0.25, 0.3) is 0 Å². The maximum absolute atomic E-state index is 15.3. The van der Waals surface area contributed by atoms with E-state index in [0.717, 1.165) is 32.2 Å². The summed E-state index contributed by atoms with van der Waals surface area (Å²) >= 11 is 0. The van der Waals surface area contributed by atoms with E-state index in [1.54, 1.807) is 6.07 Å². The number of halogens is 1. The van der Waals surface area contributed by atoms with Crippen LogP contribution in [0, 0.1) is 17.7 Å². The van der Waals surface area contributed by atoms with E-state index in [1.165, 1.54) is 31.2 Å². The Bertz CT molecular complexity index is 1030. The molecule has 2 atom stereocenters. The molecule has 0 radical (unpaired) electrons. The zero-order valence-electron chi connectivity index (χ0n) is 19.6. The molecule has 1 heterocycles. The largest absolute Gasteiger partial charge is 0.481 e. The number of carboxylic acid groups (broad SMARTS) is 1. The Labute approximate surface area is 199 Å². The summed E-state index contributed by atoms with van der Waals surface area (Å²) < 4.78 is 15.3. The quantitative estimate of drug-likeness (QED) is 0.488. The van der Waals surface area contributed by atoms with Crippen LogP contribution in [0.3, 0.4) is 0 Å². The normalized spacial score (nSPS) is 20.1. The summed E-state index contributed by atoms with van der Waals surface area (Å²) in [7, 11) is 0. The second-order valence-electron chi connectivity index (χ2n) is 9.72. The van der Waals surface area contributed by atoms with E-state index in [0.29, 0.717) is 35.0 Å². The average Bonchev–Trinajstić information content (AvgIpc) is 3.61. The lowest BCUT2D eigenvalue weighted by molar-refractivity contribution is -0.138. The number of aromatic nitrogens is 2.